The molecule has 1 fully saturated rings. The van der Waals surface area contributed by atoms with Crippen LogP contribution in [0.5, 0.6) is 0 Å². The number of hydrogen-bond acceptors (Lipinski definition) is 2. The number of nitrogens with zero attached hydrogens (tertiary/aromatic N) is 3. The van der Waals surface area contributed by atoms with Gasteiger partial charge in [0.15, 0.2) is 0 Å². The summed E-state index contributed by atoms with van der Waals surface area (Å²) >= 11 is 0. The fraction of sp³-hybridized carbons (Fsp3) is 0.412. The fourth-order valence-corrected chi connectivity index (χ4v) is 2.76. The number of likely N-dealkylation sites (tertiary alicyclic amines) is 1. The minimum absolute atomic E-state index is 0.280. The molecule has 0 spiro atoms. The molecule has 2 aromatic rings. The molecule has 0 bridgehead atoms. The molecule has 1 saturated heterocycles. The molecule has 0 unspecified atom stereocenters. The second kappa shape index (κ2) is 6.57. The Morgan fingerprint density at radius 2 is 1.86 bits per heavy atom. The lowest BCUT2D eigenvalue weighted by Crippen LogP contribution is -2.35. The molecule has 0 N–H and O–H groups in total. The van der Waals surface area contributed by atoms with Gasteiger partial charge in [0.2, 0.25) is 5.91 Å². The van der Waals surface area contributed by atoms with Crippen molar-refractivity contribution in [1.29, 1.82) is 0 Å². The van der Waals surface area contributed by atoms with E-state index in [1.165, 1.54) is 6.42 Å². The highest BCUT2D eigenvalue weighted by molar-refractivity contribution is 5.76. The summed E-state index contributed by atoms with van der Waals surface area (Å²) in [5, 5.41) is 4.37. The number of piperidine rings is 1. The summed E-state index contributed by atoms with van der Waals surface area (Å²) in [5.74, 6) is 0.280. The Balaban J connectivity index is 1.56. The van der Waals surface area contributed by atoms with Gasteiger partial charge in [0.25, 0.3) is 0 Å². The quantitative estimate of drug-likeness (QED) is 0.865. The zero-order valence-corrected chi connectivity index (χ0v) is 12.2. The number of para-hydroxylation sites is 1. The largest absolute Gasteiger partial charge is 0.343 e. The summed E-state index contributed by atoms with van der Waals surface area (Å²) in [6, 6.07) is 10.0. The van der Waals surface area contributed by atoms with Crippen molar-refractivity contribution in [1.82, 2.24) is 14.7 Å². The van der Waals surface area contributed by atoms with Crippen molar-refractivity contribution in [3.63, 3.8) is 0 Å². The third-order valence-electron chi connectivity index (χ3n) is 3.99. The first-order valence-corrected chi connectivity index (χ1v) is 7.70. The molecule has 1 aliphatic rings. The molecule has 4 heteroatoms. The van der Waals surface area contributed by atoms with E-state index in [1.807, 2.05) is 52.3 Å². The van der Waals surface area contributed by atoms with Crippen molar-refractivity contribution in [2.45, 2.75) is 32.1 Å². The molecule has 1 amide bonds. The van der Waals surface area contributed by atoms with Gasteiger partial charge in [-0.3, -0.25) is 4.79 Å². The Bertz CT molecular complexity index is 585. The van der Waals surface area contributed by atoms with Crippen molar-refractivity contribution in [2.75, 3.05) is 13.1 Å². The minimum atomic E-state index is 0.280. The van der Waals surface area contributed by atoms with Gasteiger partial charge in [0.1, 0.15) is 0 Å². The van der Waals surface area contributed by atoms with E-state index in [1.54, 1.807) is 0 Å². The molecule has 4 nitrogen and oxygen atoms in total. The summed E-state index contributed by atoms with van der Waals surface area (Å²) in [6.45, 7) is 1.87. The first kappa shape index (κ1) is 13.9. The van der Waals surface area contributed by atoms with E-state index >= 15 is 0 Å². The highest BCUT2D eigenvalue weighted by Crippen LogP contribution is 2.13. The minimum Gasteiger partial charge on any atom is -0.343 e. The Morgan fingerprint density at radius 1 is 1.10 bits per heavy atom. The molecule has 0 radical (unpaired) electrons. The lowest BCUT2D eigenvalue weighted by atomic mass is 10.1. The van der Waals surface area contributed by atoms with Crippen LogP contribution in [0.4, 0.5) is 0 Å². The van der Waals surface area contributed by atoms with Gasteiger partial charge in [0.05, 0.1) is 11.9 Å². The van der Waals surface area contributed by atoms with E-state index in [4.69, 9.17) is 0 Å². The molecule has 2 heterocycles. The molecule has 0 aliphatic carbocycles. The lowest BCUT2D eigenvalue weighted by molar-refractivity contribution is -0.132. The number of carbonyl (C=O) groups is 1. The van der Waals surface area contributed by atoms with Gasteiger partial charge in [-0.15, -0.1) is 0 Å². The Morgan fingerprint density at radius 3 is 2.62 bits per heavy atom. The molecule has 0 saturated carbocycles. The predicted octanol–water partition coefficient (Wildman–Crippen LogP) is 2.82. The van der Waals surface area contributed by atoms with Gasteiger partial charge in [-0.25, -0.2) is 4.68 Å². The second-order valence-electron chi connectivity index (χ2n) is 5.57. The zero-order chi connectivity index (χ0) is 14.5. The topological polar surface area (TPSA) is 38.1 Å². The van der Waals surface area contributed by atoms with Crippen molar-refractivity contribution in [3.05, 3.63) is 48.3 Å². The summed E-state index contributed by atoms with van der Waals surface area (Å²) in [4.78, 5) is 14.2. The molecule has 1 aromatic heterocycles. The normalized spacial score (nSPS) is 15.1. The summed E-state index contributed by atoms with van der Waals surface area (Å²) < 4.78 is 1.86. The highest BCUT2D eigenvalue weighted by atomic mass is 16.2. The van der Waals surface area contributed by atoms with E-state index in [0.717, 1.165) is 43.6 Å². The van der Waals surface area contributed by atoms with Crippen LogP contribution in [0.15, 0.2) is 42.7 Å². The van der Waals surface area contributed by atoms with Gasteiger partial charge < -0.3 is 4.90 Å². The molecule has 1 aliphatic heterocycles. The van der Waals surface area contributed by atoms with Crippen molar-refractivity contribution >= 4 is 5.91 Å². The molecule has 3 rings (SSSR count). The van der Waals surface area contributed by atoms with Crippen LogP contribution in [0.1, 0.15) is 31.2 Å². The van der Waals surface area contributed by atoms with E-state index in [0.29, 0.717) is 6.42 Å². The Hall–Kier alpha value is -2.10. The average molecular weight is 283 g/mol. The van der Waals surface area contributed by atoms with Crippen LogP contribution in [-0.4, -0.2) is 33.7 Å². The number of carbonyl (C=O) groups excluding carboxylic acids is 1. The van der Waals surface area contributed by atoms with E-state index in [2.05, 4.69) is 5.10 Å². The molecule has 21 heavy (non-hydrogen) atoms. The SMILES string of the molecule is O=C(CCc1cnn(-c2ccccc2)c1)N1CCCCC1. The van der Waals surface area contributed by atoms with E-state index in [-0.39, 0.29) is 5.91 Å². The van der Waals surface area contributed by atoms with Gasteiger partial charge in [-0.2, -0.15) is 5.10 Å². The maximum absolute atomic E-state index is 12.1. The smallest absolute Gasteiger partial charge is 0.222 e. The van der Waals surface area contributed by atoms with Gasteiger partial charge in [-0.1, -0.05) is 18.2 Å². The summed E-state index contributed by atoms with van der Waals surface area (Å²) in [7, 11) is 0. The molecule has 110 valence electrons. The highest BCUT2D eigenvalue weighted by Gasteiger charge is 2.16. The molecular weight excluding hydrogens is 262 g/mol. The first-order valence-electron chi connectivity index (χ1n) is 7.70. The lowest BCUT2D eigenvalue weighted by Gasteiger charge is -2.26. The third kappa shape index (κ3) is 3.51. The number of benzene rings is 1. The van der Waals surface area contributed by atoms with Crippen molar-refractivity contribution in [3.8, 4) is 5.69 Å². The number of aryl methyl sites for hydroxylation is 1. The van der Waals surface area contributed by atoms with Crippen LogP contribution in [0.2, 0.25) is 0 Å². The summed E-state index contributed by atoms with van der Waals surface area (Å²) in [6.07, 6.45) is 8.78. The van der Waals surface area contributed by atoms with Crippen LogP contribution >= 0.6 is 0 Å². The van der Waals surface area contributed by atoms with Gasteiger partial charge >= 0.3 is 0 Å². The maximum atomic E-state index is 12.1. The van der Waals surface area contributed by atoms with E-state index in [9.17, 15) is 4.79 Å². The molecular formula is C17H21N3O. The number of hydrogen-bond donors (Lipinski definition) is 0. The van der Waals surface area contributed by atoms with Crippen molar-refractivity contribution in [2.24, 2.45) is 0 Å². The molecule has 1 aromatic carbocycles. The van der Waals surface area contributed by atoms with Crippen LogP contribution < -0.4 is 0 Å². The van der Waals surface area contributed by atoms with Crippen molar-refractivity contribution < 1.29 is 4.79 Å². The zero-order valence-electron chi connectivity index (χ0n) is 12.2. The maximum Gasteiger partial charge on any atom is 0.222 e. The molecule has 0 atom stereocenters. The van der Waals surface area contributed by atoms with Crippen LogP contribution in [0.25, 0.3) is 5.69 Å². The first-order chi connectivity index (χ1) is 10.3. The average Bonchev–Trinajstić information content (AvgIpc) is 3.03. The number of amides is 1. The van der Waals surface area contributed by atoms with Gasteiger partial charge in [0, 0.05) is 25.7 Å². The second-order valence-corrected chi connectivity index (χ2v) is 5.57. The standard InChI is InChI=1S/C17H21N3O/c21-17(19-11-5-2-6-12-19)10-9-15-13-18-20(14-15)16-7-3-1-4-8-16/h1,3-4,7-8,13-14H,2,5-6,9-12H2. The van der Waals surface area contributed by atoms with E-state index < -0.39 is 0 Å². The Kier molecular flexibility index (Phi) is 4.34. The fourth-order valence-electron chi connectivity index (χ4n) is 2.76. The number of aromatic nitrogens is 2. The van der Waals surface area contributed by atoms with Crippen LogP contribution in [0, 0.1) is 0 Å². The Labute approximate surface area is 125 Å². The van der Waals surface area contributed by atoms with Gasteiger partial charge in [-0.05, 0) is 43.4 Å². The van der Waals surface area contributed by atoms with Crippen LogP contribution in [-0.2, 0) is 11.2 Å². The summed E-state index contributed by atoms with van der Waals surface area (Å²) in [5.41, 5.74) is 2.16. The number of rotatable bonds is 4. The van der Waals surface area contributed by atoms with Crippen LogP contribution in [0.3, 0.4) is 0 Å². The third-order valence-corrected chi connectivity index (χ3v) is 3.99. The predicted molar refractivity (Wildman–Crippen MR) is 82.3 cm³/mol. The monoisotopic (exact) mass is 283 g/mol.